The van der Waals surface area contributed by atoms with E-state index in [4.69, 9.17) is 0 Å². The molecule has 0 aliphatic rings. The maximum absolute atomic E-state index is 13.2. The van der Waals surface area contributed by atoms with E-state index in [0.29, 0.717) is 18.5 Å². The zero-order valence-corrected chi connectivity index (χ0v) is 16.4. The van der Waals surface area contributed by atoms with Crippen molar-refractivity contribution in [1.29, 1.82) is 0 Å². The number of aromatic nitrogens is 2. The van der Waals surface area contributed by atoms with Crippen LogP contribution in [0.4, 0.5) is 17.6 Å². The molecule has 0 radical (unpaired) electrons. The van der Waals surface area contributed by atoms with Crippen molar-refractivity contribution in [2.45, 2.75) is 17.8 Å². The highest BCUT2D eigenvalue weighted by Gasteiger charge is 2.34. The number of amides is 1. The minimum absolute atomic E-state index is 0.00399. The third-order valence-corrected chi connectivity index (χ3v) is 4.89. The quantitative estimate of drug-likeness (QED) is 0.331. The van der Waals surface area contributed by atoms with Gasteiger partial charge in [0, 0.05) is 12.1 Å². The number of alkyl halides is 3. The summed E-state index contributed by atoms with van der Waals surface area (Å²) >= 11 is 0.809. The Kier molecular flexibility index (Phi) is 7.04. The first-order valence-corrected chi connectivity index (χ1v) is 9.95. The minimum Gasteiger partial charge on any atom is -0.355 e. The highest BCUT2D eigenvalue weighted by molar-refractivity contribution is 7.99. The number of halogens is 4. The molecular weight excluding hydrogens is 418 g/mol. The van der Waals surface area contributed by atoms with E-state index in [1.54, 1.807) is 0 Å². The first-order chi connectivity index (χ1) is 14.3. The van der Waals surface area contributed by atoms with Crippen LogP contribution in [-0.2, 0) is 17.4 Å². The number of benzene rings is 2. The van der Waals surface area contributed by atoms with Crippen LogP contribution in [-0.4, -0.2) is 28.2 Å². The summed E-state index contributed by atoms with van der Waals surface area (Å²) in [6, 6.07) is 15.3. The Morgan fingerprint density at radius 3 is 2.37 bits per heavy atom. The van der Waals surface area contributed by atoms with E-state index in [0.717, 1.165) is 35.5 Å². The fraction of sp³-hybridized carbons (Fsp3) is 0.190. The zero-order chi connectivity index (χ0) is 21.6. The largest absolute Gasteiger partial charge is 0.433 e. The van der Waals surface area contributed by atoms with Crippen LogP contribution in [0.2, 0.25) is 0 Å². The normalized spacial score (nSPS) is 11.3. The fourth-order valence-electron chi connectivity index (χ4n) is 2.58. The van der Waals surface area contributed by atoms with Crippen molar-refractivity contribution in [2.24, 2.45) is 0 Å². The molecule has 0 spiro atoms. The van der Waals surface area contributed by atoms with E-state index in [1.165, 1.54) is 12.1 Å². The molecular formula is C21H17F4N3OS. The number of nitrogens with one attached hydrogen (secondary N) is 1. The number of thioether (sulfide) groups is 1. The SMILES string of the molecule is O=C(CSc1nc(-c2ccc(F)cc2)cc(C(F)(F)F)n1)NCCc1ccccc1. The molecule has 0 aliphatic heterocycles. The summed E-state index contributed by atoms with van der Waals surface area (Å²) in [5, 5.41) is 2.54. The first-order valence-electron chi connectivity index (χ1n) is 8.97. The maximum atomic E-state index is 13.2. The first kappa shape index (κ1) is 21.8. The van der Waals surface area contributed by atoms with Crippen molar-refractivity contribution >= 4 is 17.7 Å². The fourth-order valence-corrected chi connectivity index (χ4v) is 3.26. The van der Waals surface area contributed by atoms with E-state index in [2.05, 4.69) is 15.3 Å². The number of carbonyl (C=O) groups is 1. The van der Waals surface area contributed by atoms with Gasteiger partial charge in [-0.25, -0.2) is 14.4 Å². The summed E-state index contributed by atoms with van der Waals surface area (Å²) in [4.78, 5) is 19.6. The molecule has 0 fully saturated rings. The van der Waals surface area contributed by atoms with Gasteiger partial charge in [0.2, 0.25) is 5.91 Å². The lowest BCUT2D eigenvalue weighted by Crippen LogP contribution is -2.27. The van der Waals surface area contributed by atoms with Gasteiger partial charge in [-0.15, -0.1) is 0 Å². The molecule has 0 aliphatic carbocycles. The second-order valence-electron chi connectivity index (χ2n) is 6.30. The van der Waals surface area contributed by atoms with Crippen molar-refractivity contribution in [1.82, 2.24) is 15.3 Å². The molecule has 1 aromatic heterocycles. The highest BCUT2D eigenvalue weighted by atomic mass is 32.2. The molecule has 4 nitrogen and oxygen atoms in total. The lowest BCUT2D eigenvalue weighted by atomic mass is 10.1. The van der Waals surface area contributed by atoms with Crippen molar-refractivity contribution < 1.29 is 22.4 Å². The summed E-state index contributed by atoms with van der Waals surface area (Å²) < 4.78 is 52.8. The lowest BCUT2D eigenvalue weighted by molar-refractivity contribution is -0.141. The molecule has 1 amide bonds. The van der Waals surface area contributed by atoms with Crippen LogP contribution < -0.4 is 5.32 Å². The van der Waals surface area contributed by atoms with Crippen LogP contribution in [0.25, 0.3) is 11.3 Å². The van der Waals surface area contributed by atoms with Gasteiger partial charge in [0.1, 0.15) is 11.5 Å². The summed E-state index contributed by atoms with van der Waals surface area (Å²) in [6.07, 6.45) is -4.03. The molecule has 0 atom stereocenters. The van der Waals surface area contributed by atoms with E-state index >= 15 is 0 Å². The molecule has 0 saturated heterocycles. The molecule has 156 valence electrons. The molecule has 0 unspecified atom stereocenters. The Bertz CT molecular complexity index is 995. The van der Waals surface area contributed by atoms with Gasteiger partial charge in [-0.3, -0.25) is 4.79 Å². The van der Waals surface area contributed by atoms with Crippen molar-refractivity contribution in [2.75, 3.05) is 12.3 Å². The second kappa shape index (κ2) is 9.71. The van der Waals surface area contributed by atoms with Crippen molar-refractivity contribution in [3.63, 3.8) is 0 Å². The molecule has 2 aromatic carbocycles. The number of hydrogen-bond acceptors (Lipinski definition) is 4. The molecule has 3 rings (SSSR count). The smallest absolute Gasteiger partial charge is 0.355 e. The average molecular weight is 435 g/mol. The molecule has 9 heteroatoms. The van der Waals surface area contributed by atoms with E-state index < -0.39 is 17.7 Å². The Labute approximate surface area is 174 Å². The average Bonchev–Trinajstić information content (AvgIpc) is 2.73. The lowest BCUT2D eigenvalue weighted by Gasteiger charge is -2.11. The summed E-state index contributed by atoms with van der Waals surface area (Å²) in [6.45, 7) is 0.410. The van der Waals surface area contributed by atoms with Crippen LogP contribution >= 0.6 is 11.8 Å². The molecule has 30 heavy (non-hydrogen) atoms. The molecule has 0 bridgehead atoms. The monoisotopic (exact) mass is 435 g/mol. The number of carbonyl (C=O) groups excluding carboxylic acids is 1. The van der Waals surface area contributed by atoms with Crippen LogP contribution in [0, 0.1) is 5.82 Å². The van der Waals surface area contributed by atoms with Crippen molar-refractivity contribution in [3.05, 3.63) is 77.7 Å². The number of hydrogen-bond donors (Lipinski definition) is 1. The molecule has 0 saturated carbocycles. The third kappa shape index (κ3) is 6.28. The Morgan fingerprint density at radius 1 is 1.00 bits per heavy atom. The van der Waals surface area contributed by atoms with Gasteiger partial charge in [-0.2, -0.15) is 13.2 Å². The van der Waals surface area contributed by atoms with Crippen LogP contribution in [0.15, 0.2) is 65.8 Å². The predicted molar refractivity (Wildman–Crippen MR) is 106 cm³/mol. The van der Waals surface area contributed by atoms with Gasteiger partial charge >= 0.3 is 6.18 Å². The maximum Gasteiger partial charge on any atom is 0.433 e. The summed E-state index contributed by atoms with van der Waals surface area (Å²) in [7, 11) is 0. The third-order valence-electron chi connectivity index (χ3n) is 4.05. The standard InChI is InChI=1S/C21H17F4N3OS/c22-16-8-6-15(7-9-16)17-12-18(21(23,24)25)28-20(27-17)30-13-19(29)26-11-10-14-4-2-1-3-5-14/h1-9,12H,10-11,13H2,(H,26,29). The Balaban J connectivity index is 1.66. The van der Waals surface area contributed by atoms with Gasteiger partial charge in [-0.1, -0.05) is 42.1 Å². The van der Waals surface area contributed by atoms with E-state index in [1.807, 2.05) is 30.3 Å². The van der Waals surface area contributed by atoms with Crippen molar-refractivity contribution in [3.8, 4) is 11.3 Å². The van der Waals surface area contributed by atoms with Gasteiger partial charge in [0.25, 0.3) is 0 Å². The minimum atomic E-state index is -4.68. The summed E-state index contributed by atoms with van der Waals surface area (Å²) in [5.74, 6) is -0.968. The molecule has 1 N–H and O–H groups in total. The number of rotatable bonds is 7. The van der Waals surface area contributed by atoms with Crippen LogP contribution in [0.1, 0.15) is 11.3 Å². The predicted octanol–water partition coefficient (Wildman–Crippen LogP) is 4.75. The molecule has 1 heterocycles. The van der Waals surface area contributed by atoms with Gasteiger partial charge in [0.15, 0.2) is 5.16 Å². The van der Waals surface area contributed by atoms with Gasteiger partial charge < -0.3 is 5.32 Å². The van der Waals surface area contributed by atoms with Gasteiger partial charge in [0.05, 0.1) is 11.4 Å². The molecule has 3 aromatic rings. The van der Waals surface area contributed by atoms with Crippen LogP contribution in [0.5, 0.6) is 0 Å². The highest BCUT2D eigenvalue weighted by Crippen LogP contribution is 2.32. The van der Waals surface area contributed by atoms with Gasteiger partial charge in [-0.05, 0) is 42.3 Å². The summed E-state index contributed by atoms with van der Waals surface area (Å²) in [5.41, 5.74) is 0.266. The zero-order valence-electron chi connectivity index (χ0n) is 15.6. The number of nitrogens with zero attached hydrogens (tertiary/aromatic N) is 2. The van der Waals surface area contributed by atoms with Crippen LogP contribution in [0.3, 0.4) is 0 Å². The van der Waals surface area contributed by atoms with E-state index in [9.17, 15) is 22.4 Å². The van der Waals surface area contributed by atoms with E-state index in [-0.39, 0.29) is 22.5 Å². The second-order valence-corrected chi connectivity index (χ2v) is 7.24. The topological polar surface area (TPSA) is 54.9 Å². The Hall–Kier alpha value is -2.94. The Morgan fingerprint density at radius 2 is 1.70 bits per heavy atom.